The Labute approximate surface area is 87.7 Å². The number of allylic oxidation sites excluding steroid dienone is 1. The van der Waals surface area contributed by atoms with Crippen molar-refractivity contribution in [3.05, 3.63) is 48.0 Å². The molecular formula is C14H20. The van der Waals surface area contributed by atoms with Crippen LogP contribution in [0.1, 0.15) is 38.3 Å². The molecule has 0 saturated heterocycles. The third kappa shape index (κ3) is 2.73. The highest BCUT2D eigenvalue weighted by Gasteiger charge is 2.16. The van der Waals surface area contributed by atoms with Crippen LogP contribution in [0.15, 0.2) is 36.9 Å². The molecule has 0 aliphatic carbocycles. The fourth-order valence-corrected chi connectivity index (χ4v) is 1.73. The first-order valence-corrected chi connectivity index (χ1v) is 5.25. The predicted molar refractivity (Wildman–Crippen MR) is 63.7 cm³/mol. The summed E-state index contributed by atoms with van der Waals surface area (Å²) in [7, 11) is 0. The van der Waals surface area contributed by atoms with Crippen molar-refractivity contribution >= 4 is 0 Å². The molecule has 0 atom stereocenters. The largest absolute Gasteiger partial charge is 0.103 e. The van der Waals surface area contributed by atoms with Gasteiger partial charge < -0.3 is 0 Å². The summed E-state index contributed by atoms with van der Waals surface area (Å²) in [6.45, 7) is 10.6. The van der Waals surface area contributed by atoms with Gasteiger partial charge in [-0.3, -0.25) is 0 Å². The van der Waals surface area contributed by atoms with Crippen LogP contribution in [-0.4, -0.2) is 0 Å². The molecule has 1 rings (SSSR count). The van der Waals surface area contributed by atoms with E-state index in [0.717, 1.165) is 12.8 Å². The lowest BCUT2D eigenvalue weighted by Crippen LogP contribution is -2.13. The van der Waals surface area contributed by atoms with Crippen molar-refractivity contribution in [1.29, 1.82) is 0 Å². The average molecular weight is 188 g/mol. The molecule has 0 fully saturated rings. The van der Waals surface area contributed by atoms with E-state index in [2.05, 4.69) is 51.6 Å². The molecule has 0 radical (unpaired) electrons. The fourth-order valence-electron chi connectivity index (χ4n) is 1.73. The van der Waals surface area contributed by atoms with Gasteiger partial charge >= 0.3 is 0 Å². The predicted octanol–water partition coefficient (Wildman–Crippen LogP) is 4.10. The van der Waals surface area contributed by atoms with E-state index in [-0.39, 0.29) is 5.41 Å². The lowest BCUT2D eigenvalue weighted by Gasteiger charge is -2.22. The quantitative estimate of drug-likeness (QED) is 0.626. The Morgan fingerprint density at radius 1 is 1.21 bits per heavy atom. The third-order valence-corrected chi connectivity index (χ3v) is 2.44. The van der Waals surface area contributed by atoms with Crippen molar-refractivity contribution < 1.29 is 0 Å². The van der Waals surface area contributed by atoms with Crippen molar-refractivity contribution in [1.82, 2.24) is 0 Å². The SMILES string of the molecule is C=CCCc1ccccc1C(C)(C)C. The van der Waals surface area contributed by atoms with Crippen molar-refractivity contribution in [2.45, 2.75) is 39.0 Å². The van der Waals surface area contributed by atoms with E-state index >= 15 is 0 Å². The van der Waals surface area contributed by atoms with E-state index in [9.17, 15) is 0 Å². The molecule has 0 spiro atoms. The summed E-state index contributed by atoms with van der Waals surface area (Å²) >= 11 is 0. The first kappa shape index (κ1) is 11.0. The Bertz CT molecular complexity index is 302. The Morgan fingerprint density at radius 3 is 2.43 bits per heavy atom. The molecule has 0 unspecified atom stereocenters. The molecule has 14 heavy (non-hydrogen) atoms. The molecule has 0 aliphatic heterocycles. The molecule has 0 aromatic heterocycles. The van der Waals surface area contributed by atoms with Gasteiger partial charge in [0.25, 0.3) is 0 Å². The van der Waals surface area contributed by atoms with Crippen molar-refractivity contribution in [3.63, 3.8) is 0 Å². The van der Waals surface area contributed by atoms with E-state index in [1.165, 1.54) is 11.1 Å². The van der Waals surface area contributed by atoms with Crippen LogP contribution in [0.3, 0.4) is 0 Å². The number of benzene rings is 1. The summed E-state index contributed by atoms with van der Waals surface area (Å²) in [6, 6.07) is 8.70. The first-order valence-electron chi connectivity index (χ1n) is 5.25. The summed E-state index contributed by atoms with van der Waals surface area (Å²) in [5, 5.41) is 0. The minimum Gasteiger partial charge on any atom is -0.103 e. The minimum atomic E-state index is 0.248. The van der Waals surface area contributed by atoms with Gasteiger partial charge in [0.1, 0.15) is 0 Å². The summed E-state index contributed by atoms with van der Waals surface area (Å²) in [4.78, 5) is 0. The van der Waals surface area contributed by atoms with Gasteiger partial charge in [-0.2, -0.15) is 0 Å². The molecule has 0 nitrogen and oxygen atoms in total. The second-order valence-electron chi connectivity index (χ2n) is 4.73. The molecule has 1 aromatic carbocycles. The van der Waals surface area contributed by atoms with Gasteiger partial charge in [0.05, 0.1) is 0 Å². The Balaban J connectivity index is 2.97. The van der Waals surface area contributed by atoms with E-state index in [0.29, 0.717) is 0 Å². The fraction of sp³-hybridized carbons (Fsp3) is 0.429. The van der Waals surface area contributed by atoms with Gasteiger partial charge in [-0.25, -0.2) is 0 Å². The minimum absolute atomic E-state index is 0.248. The molecule has 0 saturated carbocycles. The maximum atomic E-state index is 3.77. The molecule has 76 valence electrons. The van der Waals surface area contributed by atoms with Crippen LogP contribution in [0, 0.1) is 0 Å². The smallest absolute Gasteiger partial charge is 0.0129 e. The average Bonchev–Trinajstić information content (AvgIpc) is 2.14. The van der Waals surface area contributed by atoms with Crippen LogP contribution in [0.5, 0.6) is 0 Å². The molecule has 0 heteroatoms. The Hall–Kier alpha value is -1.04. The van der Waals surface area contributed by atoms with Crippen LogP contribution in [-0.2, 0) is 11.8 Å². The van der Waals surface area contributed by atoms with Crippen LogP contribution in [0.2, 0.25) is 0 Å². The first-order chi connectivity index (χ1) is 6.55. The van der Waals surface area contributed by atoms with Crippen molar-refractivity contribution in [2.75, 3.05) is 0 Å². The molecular weight excluding hydrogens is 168 g/mol. The standard InChI is InChI=1S/C14H20/c1-5-6-9-12-10-7-8-11-13(12)14(2,3)4/h5,7-8,10-11H,1,6,9H2,2-4H3. The van der Waals surface area contributed by atoms with Gasteiger partial charge in [-0.1, -0.05) is 51.1 Å². The molecule has 0 heterocycles. The monoisotopic (exact) mass is 188 g/mol. The normalized spacial score (nSPS) is 11.4. The van der Waals surface area contributed by atoms with Crippen molar-refractivity contribution in [3.8, 4) is 0 Å². The van der Waals surface area contributed by atoms with E-state index < -0.39 is 0 Å². The molecule has 0 N–H and O–H groups in total. The van der Waals surface area contributed by atoms with Crippen molar-refractivity contribution in [2.24, 2.45) is 0 Å². The summed E-state index contributed by atoms with van der Waals surface area (Å²) in [6.07, 6.45) is 4.16. The highest BCUT2D eigenvalue weighted by atomic mass is 14.2. The summed E-state index contributed by atoms with van der Waals surface area (Å²) in [5.41, 5.74) is 3.17. The Morgan fingerprint density at radius 2 is 1.86 bits per heavy atom. The lowest BCUT2D eigenvalue weighted by molar-refractivity contribution is 0.582. The highest BCUT2D eigenvalue weighted by molar-refractivity contribution is 5.33. The zero-order valence-corrected chi connectivity index (χ0v) is 9.51. The Kier molecular flexibility index (Phi) is 3.51. The zero-order chi connectivity index (χ0) is 10.6. The molecule has 0 amide bonds. The third-order valence-electron chi connectivity index (χ3n) is 2.44. The molecule has 0 aliphatic rings. The number of hydrogen-bond acceptors (Lipinski definition) is 0. The second kappa shape index (κ2) is 4.45. The van der Waals surface area contributed by atoms with Crippen LogP contribution < -0.4 is 0 Å². The highest BCUT2D eigenvalue weighted by Crippen LogP contribution is 2.26. The van der Waals surface area contributed by atoms with E-state index in [4.69, 9.17) is 0 Å². The lowest BCUT2D eigenvalue weighted by atomic mass is 9.83. The van der Waals surface area contributed by atoms with Crippen LogP contribution in [0.4, 0.5) is 0 Å². The number of aryl methyl sites for hydroxylation is 1. The maximum absolute atomic E-state index is 3.77. The van der Waals surface area contributed by atoms with E-state index in [1.54, 1.807) is 0 Å². The number of rotatable bonds is 3. The van der Waals surface area contributed by atoms with Gasteiger partial charge in [-0.15, -0.1) is 6.58 Å². The zero-order valence-electron chi connectivity index (χ0n) is 9.51. The van der Waals surface area contributed by atoms with Crippen LogP contribution in [0.25, 0.3) is 0 Å². The topological polar surface area (TPSA) is 0 Å². The molecule has 1 aromatic rings. The molecule has 0 bridgehead atoms. The van der Waals surface area contributed by atoms with E-state index in [1.807, 2.05) is 6.08 Å². The summed E-state index contributed by atoms with van der Waals surface area (Å²) in [5.74, 6) is 0. The van der Waals surface area contributed by atoms with Crippen LogP contribution >= 0.6 is 0 Å². The van der Waals surface area contributed by atoms with Gasteiger partial charge in [0.15, 0.2) is 0 Å². The number of hydrogen-bond donors (Lipinski definition) is 0. The van der Waals surface area contributed by atoms with Gasteiger partial charge in [0, 0.05) is 0 Å². The van der Waals surface area contributed by atoms with Gasteiger partial charge in [-0.05, 0) is 29.4 Å². The maximum Gasteiger partial charge on any atom is -0.0129 e. The van der Waals surface area contributed by atoms with Gasteiger partial charge in [0.2, 0.25) is 0 Å². The second-order valence-corrected chi connectivity index (χ2v) is 4.73. The summed E-state index contributed by atoms with van der Waals surface area (Å²) < 4.78 is 0.